The maximum absolute atomic E-state index is 5.95. The van der Waals surface area contributed by atoms with Gasteiger partial charge in [-0.2, -0.15) is 5.10 Å². The molecule has 2 aromatic rings. The first-order valence-corrected chi connectivity index (χ1v) is 6.16. The first-order chi connectivity index (χ1) is 8.13. The van der Waals surface area contributed by atoms with Crippen LogP contribution in [-0.2, 0) is 0 Å². The zero-order valence-electron chi connectivity index (χ0n) is 9.77. The van der Waals surface area contributed by atoms with E-state index in [-0.39, 0.29) is 0 Å². The smallest absolute Gasteiger partial charge is 0.141 e. The quantitative estimate of drug-likeness (QED) is 0.947. The van der Waals surface area contributed by atoms with Crippen molar-refractivity contribution in [3.63, 3.8) is 0 Å². The normalized spacial score (nSPS) is 10.5. The molecule has 0 aliphatic heterocycles. The second kappa shape index (κ2) is 4.79. The highest BCUT2D eigenvalue weighted by Gasteiger charge is 2.10. The predicted octanol–water partition coefficient (Wildman–Crippen LogP) is 2.92. The van der Waals surface area contributed by atoms with E-state index in [9.17, 15) is 0 Å². The number of rotatable bonds is 3. The average molecular weight is 296 g/mol. The molecular formula is C12H14BrN3O. The van der Waals surface area contributed by atoms with E-state index in [1.165, 1.54) is 0 Å². The van der Waals surface area contributed by atoms with Gasteiger partial charge >= 0.3 is 0 Å². The van der Waals surface area contributed by atoms with Crippen molar-refractivity contribution in [1.29, 1.82) is 0 Å². The highest BCUT2D eigenvalue weighted by Crippen LogP contribution is 2.26. The maximum Gasteiger partial charge on any atom is 0.141 e. The van der Waals surface area contributed by atoms with Crippen LogP contribution in [0.25, 0.3) is 5.69 Å². The van der Waals surface area contributed by atoms with Crippen molar-refractivity contribution < 1.29 is 4.74 Å². The van der Waals surface area contributed by atoms with Gasteiger partial charge in [-0.25, -0.2) is 4.68 Å². The molecule has 0 spiro atoms. The van der Waals surface area contributed by atoms with Crippen LogP contribution in [0.3, 0.4) is 0 Å². The van der Waals surface area contributed by atoms with Crippen LogP contribution in [0.15, 0.2) is 28.7 Å². The fraction of sp³-hybridized carbons (Fsp3) is 0.250. The lowest BCUT2D eigenvalue weighted by molar-refractivity contribution is 0.340. The lowest BCUT2D eigenvalue weighted by Gasteiger charge is -2.06. The molecule has 1 aromatic heterocycles. The Morgan fingerprint density at radius 1 is 1.35 bits per heavy atom. The summed E-state index contributed by atoms with van der Waals surface area (Å²) in [6, 6.07) is 7.67. The van der Waals surface area contributed by atoms with Crippen molar-refractivity contribution in [2.75, 3.05) is 12.3 Å². The number of nitrogens with two attached hydrogens (primary N) is 1. The maximum atomic E-state index is 5.95. The molecule has 1 aromatic carbocycles. The molecule has 0 bridgehead atoms. The Hall–Kier alpha value is -1.49. The summed E-state index contributed by atoms with van der Waals surface area (Å²) in [5, 5.41) is 4.36. The summed E-state index contributed by atoms with van der Waals surface area (Å²) in [6.45, 7) is 4.53. The molecule has 5 heteroatoms. The number of halogens is 1. The first kappa shape index (κ1) is 12.0. The van der Waals surface area contributed by atoms with Crippen LogP contribution in [0.5, 0.6) is 5.75 Å². The molecular weight excluding hydrogens is 282 g/mol. The molecule has 0 saturated heterocycles. The average Bonchev–Trinajstić information content (AvgIpc) is 2.59. The Morgan fingerprint density at radius 3 is 2.47 bits per heavy atom. The highest BCUT2D eigenvalue weighted by atomic mass is 79.9. The highest BCUT2D eigenvalue weighted by molar-refractivity contribution is 9.10. The number of benzene rings is 1. The number of aromatic nitrogens is 2. The molecule has 0 unspecified atom stereocenters. The third kappa shape index (κ3) is 2.29. The van der Waals surface area contributed by atoms with E-state index in [4.69, 9.17) is 10.5 Å². The van der Waals surface area contributed by atoms with Crippen molar-refractivity contribution >= 4 is 21.7 Å². The summed E-state index contributed by atoms with van der Waals surface area (Å²) < 4.78 is 7.93. The third-order valence-electron chi connectivity index (χ3n) is 2.41. The van der Waals surface area contributed by atoms with Gasteiger partial charge in [0.15, 0.2) is 0 Å². The predicted molar refractivity (Wildman–Crippen MR) is 71.6 cm³/mol. The fourth-order valence-electron chi connectivity index (χ4n) is 1.57. The van der Waals surface area contributed by atoms with Gasteiger partial charge in [0, 0.05) is 0 Å². The van der Waals surface area contributed by atoms with Gasteiger partial charge in [-0.3, -0.25) is 0 Å². The molecule has 0 radical (unpaired) electrons. The van der Waals surface area contributed by atoms with Gasteiger partial charge < -0.3 is 10.5 Å². The Kier molecular flexibility index (Phi) is 3.38. The third-order valence-corrected chi connectivity index (χ3v) is 3.39. The Balaban J connectivity index is 2.36. The van der Waals surface area contributed by atoms with E-state index < -0.39 is 0 Å². The van der Waals surface area contributed by atoms with Gasteiger partial charge in [0.05, 0.1) is 22.5 Å². The van der Waals surface area contributed by atoms with Gasteiger partial charge in [0.1, 0.15) is 11.6 Å². The van der Waals surface area contributed by atoms with Gasteiger partial charge in [-0.15, -0.1) is 0 Å². The number of aryl methyl sites for hydroxylation is 1. The molecule has 0 aliphatic rings. The number of hydrogen-bond donors (Lipinski definition) is 1. The van der Waals surface area contributed by atoms with Crippen molar-refractivity contribution in [3.8, 4) is 11.4 Å². The molecule has 0 amide bonds. The minimum absolute atomic E-state index is 0.603. The lowest BCUT2D eigenvalue weighted by atomic mass is 10.3. The molecule has 1 heterocycles. The van der Waals surface area contributed by atoms with Gasteiger partial charge in [-0.05, 0) is 54.0 Å². The summed E-state index contributed by atoms with van der Waals surface area (Å²) in [4.78, 5) is 0. The van der Waals surface area contributed by atoms with Crippen molar-refractivity contribution in [2.45, 2.75) is 13.8 Å². The second-order valence-electron chi connectivity index (χ2n) is 3.62. The molecule has 0 atom stereocenters. The number of nitrogen functional groups attached to an aromatic ring is 1. The number of nitrogens with zero attached hydrogens (tertiary/aromatic N) is 2. The molecule has 4 nitrogen and oxygen atoms in total. The van der Waals surface area contributed by atoms with Gasteiger partial charge in [-0.1, -0.05) is 0 Å². The minimum Gasteiger partial charge on any atom is -0.494 e. The summed E-state index contributed by atoms with van der Waals surface area (Å²) in [6.07, 6.45) is 0. The number of hydrogen-bond acceptors (Lipinski definition) is 3. The van der Waals surface area contributed by atoms with Crippen LogP contribution >= 0.6 is 15.9 Å². The van der Waals surface area contributed by atoms with Crippen LogP contribution in [0, 0.1) is 6.92 Å². The summed E-state index contributed by atoms with van der Waals surface area (Å²) in [5.41, 5.74) is 7.74. The van der Waals surface area contributed by atoms with Crippen LogP contribution in [0.4, 0.5) is 5.82 Å². The van der Waals surface area contributed by atoms with Crippen molar-refractivity contribution in [3.05, 3.63) is 34.4 Å². The molecule has 17 heavy (non-hydrogen) atoms. The zero-order chi connectivity index (χ0) is 12.4. The van der Waals surface area contributed by atoms with E-state index in [0.29, 0.717) is 12.4 Å². The summed E-state index contributed by atoms with van der Waals surface area (Å²) in [5.74, 6) is 1.45. The van der Waals surface area contributed by atoms with E-state index in [1.54, 1.807) is 4.68 Å². The number of anilines is 1. The first-order valence-electron chi connectivity index (χ1n) is 5.37. The largest absolute Gasteiger partial charge is 0.494 e. The Labute approximate surface area is 109 Å². The van der Waals surface area contributed by atoms with Crippen molar-refractivity contribution in [1.82, 2.24) is 9.78 Å². The SMILES string of the molecule is CCOc1ccc(-n2nc(C)c(Br)c2N)cc1. The van der Waals surface area contributed by atoms with E-state index in [0.717, 1.165) is 21.6 Å². The Morgan fingerprint density at radius 2 is 2.00 bits per heavy atom. The van der Waals surface area contributed by atoms with E-state index in [2.05, 4.69) is 21.0 Å². The standard InChI is InChI=1S/C12H14BrN3O/c1-3-17-10-6-4-9(5-7-10)16-12(14)11(13)8(2)15-16/h4-7H,3,14H2,1-2H3. The molecule has 0 aliphatic carbocycles. The van der Waals surface area contributed by atoms with E-state index in [1.807, 2.05) is 38.1 Å². The minimum atomic E-state index is 0.603. The Bertz CT molecular complexity index is 519. The molecule has 90 valence electrons. The molecule has 0 saturated carbocycles. The number of ether oxygens (including phenoxy) is 1. The molecule has 0 fully saturated rings. The molecule has 2 N–H and O–H groups in total. The second-order valence-corrected chi connectivity index (χ2v) is 4.42. The van der Waals surface area contributed by atoms with E-state index >= 15 is 0 Å². The topological polar surface area (TPSA) is 53.1 Å². The van der Waals surface area contributed by atoms with Crippen LogP contribution in [0.2, 0.25) is 0 Å². The summed E-state index contributed by atoms with van der Waals surface area (Å²) >= 11 is 3.40. The van der Waals surface area contributed by atoms with Gasteiger partial charge in [0.25, 0.3) is 0 Å². The zero-order valence-corrected chi connectivity index (χ0v) is 11.4. The summed E-state index contributed by atoms with van der Waals surface area (Å²) in [7, 11) is 0. The lowest BCUT2D eigenvalue weighted by Crippen LogP contribution is -2.02. The van der Waals surface area contributed by atoms with Crippen LogP contribution in [0.1, 0.15) is 12.6 Å². The molecule has 2 rings (SSSR count). The van der Waals surface area contributed by atoms with Crippen LogP contribution in [-0.4, -0.2) is 16.4 Å². The van der Waals surface area contributed by atoms with Crippen LogP contribution < -0.4 is 10.5 Å². The van der Waals surface area contributed by atoms with Crippen molar-refractivity contribution in [2.24, 2.45) is 0 Å². The van der Waals surface area contributed by atoms with Gasteiger partial charge in [0.2, 0.25) is 0 Å². The monoisotopic (exact) mass is 295 g/mol. The fourth-order valence-corrected chi connectivity index (χ4v) is 1.82.